The normalized spacial score (nSPS) is 26.3. The number of amides is 1. The van der Waals surface area contributed by atoms with Crippen LogP contribution in [0.1, 0.15) is 36.8 Å². The number of rotatable bonds is 4. The first-order chi connectivity index (χ1) is 14.0. The molecule has 1 aliphatic heterocycles. The van der Waals surface area contributed by atoms with Crippen LogP contribution in [-0.2, 0) is 4.79 Å². The van der Waals surface area contributed by atoms with Gasteiger partial charge in [-0.05, 0) is 79.5 Å². The van der Waals surface area contributed by atoms with Gasteiger partial charge in [-0.3, -0.25) is 4.79 Å². The van der Waals surface area contributed by atoms with Gasteiger partial charge in [0, 0.05) is 23.2 Å². The van der Waals surface area contributed by atoms with Gasteiger partial charge in [0.25, 0.3) is 5.91 Å². The van der Waals surface area contributed by atoms with Crippen molar-refractivity contribution in [3.63, 3.8) is 0 Å². The fourth-order valence-electron chi connectivity index (χ4n) is 5.10. The van der Waals surface area contributed by atoms with E-state index in [4.69, 9.17) is 21.1 Å². The molecule has 2 bridgehead atoms. The van der Waals surface area contributed by atoms with Crippen LogP contribution in [0.5, 0.6) is 11.5 Å². The van der Waals surface area contributed by atoms with Gasteiger partial charge in [0.05, 0.1) is 12.8 Å². The number of carbonyl (C=O) groups excluding carboxylic acids is 1. The largest absolute Gasteiger partial charge is 0.493 e. The number of benzene rings is 2. The highest BCUT2D eigenvalue weighted by Gasteiger charge is 2.41. The lowest BCUT2D eigenvalue weighted by molar-refractivity contribution is -0.112. The molecule has 4 nitrogen and oxygen atoms in total. The summed E-state index contributed by atoms with van der Waals surface area (Å²) in [4.78, 5) is 14.5. The van der Waals surface area contributed by atoms with E-state index in [1.807, 2.05) is 42.5 Å². The van der Waals surface area contributed by atoms with E-state index in [9.17, 15) is 4.79 Å². The Labute approximate surface area is 176 Å². The summed E-state index contributed by atoms with van der Waals surface area (Å²) in [6, 6.07) is 11.4. The van der Waals surface area contributed by atoms with Gasteiger partial charge in [0.1, 0.15) is 6.10 Å². The molecule has 0 saturated heterocycles. The van der Waals surface area contributed by atoms with Crippen LogP contribution in [0.2, 0.25) is 5.02 Å². The maximum atomic E-state index is 12.8. The molecular weight excluding hydrogens is 386 g/mol. The lowest BCUT2D eigenvalue weighted by Gasteiger charge is -2.24. The summed E-state index contributed by atoms with van der Waals surface area (Å²) in [7, 11) is 3.45. The zero-order chi connectivity index (χ0) is 20.1. The minimum atomic E-state index is -0.0337. The fourth-order valence-corrected chi connectivity index (χ4v) is 5.27. The number of nitrogens with zero attached hydrogens (tertiary/aromatic N) is 1. The molecule has 2 aromatic rings. The van der Waals surface area contributed by atoms with Gasteiger partial charge in [0.2, 0.25) is 0 Å². The molecule has 3 atom stereocenters. The van der Waals surface area contributed by atoms with Gasteiger partial charge in [-0.1, -0.05) is 17.7 Å². The molecule has 3 aliphatic rings. The molecule has 5 heteroatoms. The number of halogens is 1. The molecule has 2 fully saturated rings. The van der Waals surface area contributed by atoms with E-state index in [0.717, 1.165) is 40.7 Å². The van der Waals surface area contributed by atoms with E-state index in [1.165, 1.54) is 19.3 Å². The van der Waals surface area contributed by atoms with Crippen LogP contribution < -0.4 is 14.4 Å². The number of anilines is 1. The van der Waals surface area contributed by atoms with E-state index in [-0.39, 0.29) is 12.0 Å². The summed E-state index contributed by atoms with van der Waals surface area (Å²) >= 11 is 6.18. The van der Waals surface area contributed by atoms with E-state index in [1.54, 1.807) is 19.1 Å². The Bertz CT molecular complexity index is 1020. The fraction of sp³-hybridized carbons (Fsp3) is 0.375. The molecular formula is C24H24ClNO3. The second-order valence-electron chi connectivity index (χ2n) is 8.33. The van der Waals surface area contributed by atoms with Crippen LogP contribution in [0.25, 0.3) is 11.6 Å². The summed E-state index contributed by atoms with van der Waals surface area (Å²) in [6.45, 7) is 0. The summed E-state index contributed by atoms with van der Waals surface area (Å²) in [5.41, 5.74) is 3.28. The van der Waals surface area contributed by atoms with E-state index >= 15 is 0 Å². The molecule has 1 amide bonds. The molecule has 0 N–H and O–H groups in total. The first-order valence-corrected chi connectivity index (χ1v) is 10.6. The molecule has 150 valence electrons. The van der Waals surface area contributed by atoms with Crippen LogP contribution in [-0.4, -0.2) is 26.2 Å². The molecule has 5 rings (SSSR count). The average molecular weight is 410 g/mol. The Balaban J connectivity index is 1.49. The lowest BCUT2D eigenvalue weighted by Crippen LogP contribution is -2.23. The van der Waals surface area contributed by atoms with Crippen molar-refractivity contribution in [2.45, 2.75) is 31.8 Å². The number of methoxy groups -OCH3 is 1. The third-order valence-electron chi connectivity index (χ3n) is 6.60. The second-order valence-corrected chi connectivity index (χ2v) is 8.76. The second kappa shape index (κ2) is 7.10. The van der Waals surface area contributed by atoms with E-state index < -0.39 is 0 Å². The Morgan fingerprint density at radius 1 is 1.10 bits per heavy atom. The molecule has 2 aliphatic carbocycles. The molecule has 0 radical (unpaired) electrons. The summed E-state index contributed by atoms with van der Waals surface area (Å²) in [6.07, 6.45) is 7.20. The highest BCUT2D eigenvalue weighted by molar-refractivity contribution is 6.37. The van der Waals surface area contributed by atoms with Crippen molar-refractivity contribution in [1.29, 1.82) is 0 Å². The standard InChI is InChI=1S/C24H24ClNO3/c1-26-20-7-6-17(25)13-18(20)19(24(26)27)10-15-4-8-21(28-2)23(12-15)29-22-11-14-3-5-16(22)9-14/h4,6-8,10,12-14,16,22H,3,5,9,11H2,1-2H3/b19-10-. The van der Waals surface area contributed by atoms with Crippen LogP contribution in [0, 0.1) is 11.8 Å². The quantitative estimate of drug-likeness (QED) is 0.632. The van der Waals surface area contributed by atoms with Crippen molar-refractivity contribution in [2.75, 3.05) is 19.1 Å². The number of carbonyl (C=O) groups is 1. The van der Waals surface area contributed by atoms with Gasteiger partial charge < -0.3 is 14.4 Å². The van der Waals surface area contributed by atoms with Crippen molar-refractivity contribution in [3.8, 4) is 11.5 Å². The van der Waals surface area contributed by atoms with Crippen molar-refractivity contribution in [3.05, 3.63) is 52.5 Å². The van der Waals surface area contributed by atoms with Crippen LogP contribution in [0.3, 0.4) is 0 Å². The van der Waals surface area contributed by atoms with Gasteiger partial charge in [0.15, 0.2) is 11.5 Å². The summed E-state index contributed by atoms with van der Waals surface area (Å²) in [5, 5.41) is 0.618. The van der Waals surface area contributed by atoms with Crippen molar-refractivity contribution >= 4 is 34.8 Å². The number of likely N-dealkylation sites (N-methyl/N-ethyl adjacent to an activating group) is 1. The predicted molar refractivity (Wildman–Crippen MR) is 116 cm³/mol. The molecule has 1 heterocycles. The topological polar surface area (TPSA) is 38.8 Å². The maximum absolute atomic E-state index is 12.8. The predicted octanol–water partition coefficient (Wildman–Crippen LogP) is 5.43. The smallest absolute Gasteiger partial charge is 0.258 e. The van der Waals surface area contributed by atoms with Crippen molar-refractivity contribution in [2.24, 2.45) is 11.8 Å². The van der Waals surface area contributed by atoms with Gasteiger partial charge in [-0.15, -0.1) is 0 Å². The maximum Gasteiger partial charge on any atom is 0.258 e. The Hall–Kier alpha value is -2.46. The molecule has 29 heavy (non-hydrogen) atoms. The first-order valence-electron chi connectivity index (χ1n) is 10.2. The van der Waals surface area contributed by atoms with E-state index in [2.05, 4.69) is 0 Å². The third kappa shape index (κ3) is 3.20. The highest BCUT2D eigenvalue weighted by Crippen LogP contribution is 2.47. The van der Waals surface area contributed by atoms with Crippen LogP contribution in [0.4, 0.5) is 5.69 Å². The van der Waals surface area contributed by atoms with Gasteiger partial charge >= 0.3 is 0 Å². The Morgan fingerprint density at radius 3 is 2.69 bits per heavy atom. The first kappa shape index (κ1) is 18.6. The number of fused-ring (bicyclic) bond motifs is 3. The molecule has 2 aromatic carbocycles. The molecule has 0 aromatic heterocycles. The third-order valence-corrected chi connectivity index (χ3v) is 6.83. The Morgan fingerprint density at radius 2 is 1.97 bits per heavy atom. The van der Waals surface area contributed by atoms with E-state index in [0.29, 0.717) is 16.5 Å². The van der Waals surface area contributed by atoms with Crippen LogP contribution in [0.15, 0.2) is 36.4 Å². The zero-order valence-electron chi connectivity index (χ0n) is 16.7. The van der Waals surface area contributed by atoms with Crippen molar-refractivity contribution in [1.82, 2.24) is 0 Å². The summed E-state index contributed by atoms with van der Waals surface area (Å²) in [5.74, 6) is 2.92. The average Bonchev–Trinajstić information content (AvgIpc) is 3.39. The van der Waals surface area contributed by atoms with Gasteiger partial charge in [-0.2, -0.15) is 0 Å². The highest BCUT2D eigenvalue weighted by atomic mass is 35.5. The lowest BCUT2D eigenvalue weighted by atomic mass is 9.97. The van der Waals surface area contributed by atoms with Crippen molar-refractivity contribution < 1.29 is 14.3 Å². The zero-order valence-corrected chi connectivity index (χ0v) is 17.4. The summed E-state index contributed by atoms with van der Waals surface area (Å²) < 4.78 is 11.9. The number of ether oxygens (including phenoxy) is 2. The minimum Gasteiger partial charge on any atom is -0.493 e. The Kier molecular flexibility index (Phi) is 4.54. The molecule has 0 spiro atoms. The SMILES string of the molecule is COc1ccc(/C=C2\C(=O)N(C)c3ccc(Cl)cc32)cc1OC1CC2CCC1C2. The molecule has 2 saturated carbocycles. The molecule has 3 unspecified atom stereocenters. The minimum absolute atomic E-state index is 0.0337. The van der Waals surface area contributed by atoms with Gasteiger partial charge in [-0.25, -0.2) is 0 Å². The number of hydrogen-bond donors (Lipinski definition) is 0. The van der Waals surface area contributed by atoms with Crippen LogP contribution >= 0.6 is 11.6 Å². The monoisotopic (exact) mass is 409 g/mol. The number of hydrogen-bond acceptors (Lipinski definition) is 3.